The van der Waals surface area contributed by atoms with Crippen molar-refractivity contribution in [1.82, 2.24) is 9.88 Å². The van der Waals surface area contributed by atoms with Crippen LogP contribution in [0, 0.1) is 5.41 Å². The van der Waals surface area contributed by atoms with E-state index < -0.39 is 11.5 Å². The molecule has 1 aromatic heterocycles. The number of likely N-dealkylation sites (tertiary alicyclic amines) is 1. The van der Waals surface area contributed by atoms with E-state index in [1.165, 1.54) is 6.20 Å². The molecule has 1 saturated heterocycles. The molecule has 0 aliphatic carbocycles. The van der Waals surface area contributed by atoms with Gasteiger partial charge in [-0.2, -0.15) is 0 Å². The molecule has 1 fully saturated rings. The molecule has 0 unspecified atom stereocenters. The maximum absolute atomic E-state index is 12.4. The van der Waals surface area contributed by atoms with Gasteiger partial charge in [0.2, 0.25) is 5.91 Å². The average Bonchev–Trinajstić information content (AvgIpc) is 2.67. The van der Waals surface area contributed by atoms with Crippen LogP contribution in [0.5, 0.6) is 0 Å². The number of nitrogens with one attached hydrogen (secondary N) is 1. The van der Waals surface area contributed by atoms with Gasteiger partial charge in [-0.25, -0.2) is 4.98 Å². The molecule has 3 N–H and O–H groups in total. The number of hydrogen-bond acceptors (Lipinski definition) is 5. The molecule has 0 bridgehead atoms. The highest BCUT2D eigenvalue weighted by molar-refractivity contribution is 6.30. The first-order valence-electron chi connectivity index (χ1n) is 8.97. The first-order valence-corrected chi connectivity index (χ1v) is 9.35. The minimum Gasteiger partial charge on any atom is -0.396 e. The summed E-state index contributed by atoms with van der Waals surface area (Å²) in [6.45, 7) is 1.08. The lowest BCUT2D eigenvalue weighted by Crippen LogP contribution is -2.56. The minimum absolute atomic E-state index is 0.139. The van der Waals surface area contributed by atoms with Gasteiger partial charge in [-0.3, -0.25) is 9.69 Å². The zero-order valence-corrected chi connectivity index (χ0v) is 15.8. The van der Waals surface area contributed by atoms with Gasteiger partial charge >= 0.3 is 0 Å². The number of aliphatic hydroxyl groups is 2. The van der Waals surface area contributed by atoms with Crippen molar-refractivity contribution in [2.45, 2.75) is 18.9 Å². The van der Waals surface area contributed by atoms with E-state index in [0.29, 0.717) is 36.8 Å². The van der Waals surface area contributed by atoms with E-state index in [9.17, 15) is 15.0 Å². The van der Waals surface area contributed by atoms with Crippen LogP contribution in [-0.4, -0.2) is 58.3 Å². The number of halogens is 1. The Labute approximate surface area is 163 Å². The van der Waals surface area contributed by atoms with Crippen LogP contribution in [0.3, 0.4) is 0 Å². The molecule has 1 aliphatic heterocycles. The Kier molecular flexibility index (Phi) is 6.44. The number of rotatable bonds is 6. The number of piperidine rings is 1. The first kappa shape index (κ1) is 19.8. The molecule has 2 heterocycles. The number of benzene rings is 1. The van der Waals surface area contributed by atoms with E-state index in [2.05, 4.69) is 10.3 Å². The van der Waals surface area contributed by atoms with Crippen LogP contribution in [0.15, 0.2) is 48.7 Å². The Balaban J connectivity index is 1.64. The summed E-state index contributed by atoms with van der Waals surface area (Å²) < 4.78 is 0. The summed E-state index contributed by atoms with van der Waals surface area (Å²) in [7, 11) is 0. The smallest absolute Gasteiger partial charge is 0.239 e. The topological polar surface area (TPSA) is 85.7 Å². The maximum Gasteiger partial charge on any atom is 0.239 e. The molecule has 1 aromatic carbocycles. The number of nitrogens with zero attached hydrogens (tertiary/aromatic N) is 2. The molecule has 1 amide bonds. The Morgan fingerprint density at radius 1 is 1.30 bits per heavy atom. The molecule has 7 heteroatoms. The van der Waals surface area contributed by atoms with E-state index in [4.69, 9.17) is 11.6 Å². The predicted molar refractivity (Wildman–Crippen MR) is 105 cm³/mol. The molecule has 0 spiro atoms. The van der Waals surface area contributed by atoms with Crippen LogP contribution in [0.25, 0.3) is 0 Å². The first-order chi connectivity index (χ1) is 13.0. The summed E-state index contributed by atoms with van der Waals surface area (Å²) in [4.78, 5) is 18.4. The number of carbonyl (C=O) groups is 1. The molecule has 0 saturated carbocycles. The molecule has 2 aromatic rings. The summed E-state index contributed by atoms with van der Waals surface area (Å²) in [5.74, 6) is 0.256. The Hall–Kier alpha value is -1.99. The molecule has 144 valence electrons. The van der Waals surface area contributed by atoms with Gasteiger partial charge in [0.05, 0.1) is 24.3 Å². The lowest BCUT2D eigenvalue weighted by Gasteiger charge is -2.45. The normalized spacial score (nSPS) is 23.1. The van der Waals surface area contributed by atoms with Crippen molar-refractivity contribution in [3.8, 4) is 0 Å². The fourth-order valence-corrected chi connectivity index (χ4v) is 3.71. The van der Waals surface area contributed by atoms with Crippen molar-refractivity contribution in [2.24, 2.45) is 5.41 Å². The molecule has 2 atom stereocenters. The second-order valence-corrected chi connectivity index (χ2v) is 7.54. The van der Waals surface area contributed by atoms with Crippen LogP contribution in [0.4, 0.5) is 5.82 Å². The van der Waals surface area contributed by atoms with E-state index in [0.717, 1.165) is 5.56 Å². The second kappa shape index (κ2) is 8.80. The number of carbonyl (C=O) groups excluding carboxylic acids is 1. The number of aliphatic hydroxyl groups excluding tert-OH is 2. The zero-order chi connectivity index (χ0) is 19.3. The fourth-order valence-electron chi connectivity index (χ4n) is 3.60. The average molecular weight is 390 g/mol. The zero-order valence-electron chi connectivity index (χ0n) is 15.0. The lowest BCUT2D eigenvalue weighted by molar-refractivity contribution is -0.121. The van der Waals surface area contributed by atoms with E-state index in [1.807, 2.05) is 35.2 Å². The third kappa shape index (κ3) is 5.05. The highest BCUT2D eigenvalue weighted by Crippen LogP contribution is 2.33. The summed E-state index contributed by atoms with van der Waals surface area (Å²) >= 11 is 5.80. The summed E-state index contributed by atoms with van der Waals surface area (Å²) in [6.07, 6.45) is 1.94. The Morgan fingerprint density at radius 3 is 2.74 bits per heavy atom. The van der Waals surface area contributed by atoms with Gasteiger partial charge < -0.3 is 15.5 Å². The number of amides is 1. The fraction of sp³-hybridized carbons (Fsp3) is 0.400. The molecule has 6 nitrogen and oxygen atoms in total. The van der Waals surface area contributed by atoms with Crippen molar-refractivity contribution in [2.75, 3.05) is 31.6 Å². The largest absolute Gasteiger partial charge is 0.396 e. The Bertz CT molecular complexity index is 757. The summed E-state index contributed by atoms with van der Waals surface area (Å²) in [5.41, 5.74) is 0.376. The van der Waals surface area contributed by atoms with Crippen molar-refractivity contribution < 1.29 is 15.0 Å². The molecular formula is C20H24ClN3O3. The standard InChI is InChI=1S/C20H24ClN3O3/c21-16-6-7-18(22-11-16)23-19(27)12-24-9-8-17(26)20(13-24,14-25)10-15-4-2-1-3-5-15/h1-7,11,17,25-26H,8-10,12-14H2,(H,22,23,27)/t17-,20+/m0/s1. The summed E-state index contributed by atoms with van der Waals surface area (Å²) in [5, 5.41) is 23.9. The van der Waals surface area contributed by atoms with Crippen LogP contribution in [0.1, 0.15) is 12.0 Å². The van der Waals surface area contributed by atoms with Gasteiger partial charge in [0.25, 0.3) is 0 Å². The highest BCUT2D eigenvalue weighted by atomic mass is 35.5. The van der Waals surface area contributed by atoms with Gasteiger partial charge in [0.15, 0.2) is 0 Å². The molecule has 27 heavy (non-hydrogen) atoms. The van der Waals surface area contributed by atoms with Gasteiger partial charge in [-0.05, 0) is 30.5 Å². The van der Waals surface area contributed by atoms with Crippen LogP contribution in [0.2, 0.25) is 5.02 Å². The van der Waals surface area contributed by atoms with Crippen molar-refractivity contribution in [3.05, 3.63) is 59.2 Å². The monoisotopic (exact) mass is 389 g/mol. The number of anilines is 1. The SMILES string of the molecule is O=C(CN1CC[C@H](O)[C@](CO)(Cc2ccccc2)C1)Nc1ccc(Cl)cn1. The van der Waals surface area contributed by atoms with Crippen molar-refractivity contribution >= 4 is 23.3 Å². The lowest BCUT2D eigenvalue weighted by atomic mass is 9.73. The molecule has 0 radical (unpaired) electrons. The quantitative estimate of drug-likeness (QED) is 0.703. The number of pyridine rings is 1. The van der Waals surface area contributed by atoms with E-state index in [1.54, 1.807) is 12.1 Å². The van der Waals surface area contributed by atoms with Crippen LogP contribution in [-0.2, 0) is 11.2 Å². The predicted octanol–water partition coefficient (Wildman–Crippen LogP) is 1.96. The Morgan fingerprint density at radius 2 is 2.07 bits per heavy atom. The third-order valence-electron chi connectivity index (χ3n) is 5.04. The van der Waals surface area contributed by atoms with Crippen LogP contribution >= 0.6 is 11.6 Å². The van der Waals surface area contributed by atoms with Gasteiger partial charge in [0.1, 0.15) is 5.82 Å². The molecule has 3 rings (SSSR count). The number of aromatic nitrogens is 1. The second-order valence-electron chi connectivity index (χ2n) is 7.11. The van der Waals surface area contributed by atoms with Gasteiger partial charge in [-0.15, -0.1) is 0 Å². The van der Waals surface area contributed by atoms with Crippen LogP contribution < -0.4 is 5.32 Å². The minimum atomic E-state index is -0.682. The molecular weight excluding hydrogens is 366 g/mol. The maximum atomic E-state index is 12.4. The molecule has 1 aliphatic rings. The van der Waals surface area contributed by atoms with E-state index in [-0.39, 0.29) is 19.1 Å². The van der Waals surface area contributed by atoms with Gasteiger partial charge in [-0.1, -0.05) is 41.9 Å². The summed E-state index contributed by atoms with van der Waals surface area (Å²) in [6, 6.07) is 13.1. The highest BCUT2D eigenvalue weighted by Gasteiger charge is 2.42. The van der Waals surface area contributed by atoms with Crippen molar-refractivity contribution in [1.29, 1.82) is 0 Å². The van der Waals surface area contributed by atoms with Gasteiger partial charge in [0, 0.05) is 24.7 Å². The van der Waals surface area contributed by atoms with Crippen molar-refractivity contribution in [3.63, 3.8) is 0 Å². The van der Waals surface area contributed by atoms with E-state index >= 15 is 0 Å². The third-order valence-corrected chi connectivity index (χ3v) is 5.26. The number of hydrogen-bond donors (Lipinski definition) is 3.